The summed E-state index contributed by atoms with van der Waals surface area (Å²) in [5.74, 6) is -0.162. The van der Waals surface area contributed by atoms with Crippen LogP contribution in [0.25, 0.3) is 0 Å². The van der Waals surface area contributed by atoms with Gasteiger partial charge in [-0.25, -0.2) is 4.39 Å². The summed E-state index contributed by atoms with van der Waals surface area (Å²) in [5.41, 5.74) is 3.63. The van der Waals surface area contributed by atoms with Crippen LogP contribution in [0.2, 0.25) is 0 Å². The summed E-state index contributed by atoms with van der Waals surface area (Å²) in [7, 11) is 0. The number of benzene rings is 2. The van der Waals surface area contributed by atoms with Crippen LogP contribution in [0.15, 0.2) is 48.5 Å². The number of hydrogen-bond acceptors (Lipinski definition) is 1. The number of halogens is 1. The smallest absolute Gasteiger partial charge is 0.123 e. The first kappa shape index (κ1) is 15.7. The molecule has 2 unspecified atom stereocenters. The number of nitrogens with one attached hydrogen (secondary N) is 1. The van der Waals surface area contributed by atoms with E-state index in [1.165, 1.54) is 17.2 Å². The molecule has 0 aliphatic carbocycles. The van der Waals surface area contributed by atoms with E-state index < -0.39 is 0 Å². The third-order valence-corrected chi connectivity index (χ3v) is 3.80. The molecular weight excluding hydrogens is 261 g/mol. The highest BCUT2D eigenvalue weighted by atomic mass is 19.1. The number of hydrogen-bond donors (Lipinski definition) is 1. The monoisotopic (exact) mass is 285 g/mol. The van der Waals surface area contributed by atoms with Crippen LogP contribution in [0.3, 0.4) is 0 Å². The standard InChI is InChI=1S/C19H24FN/c1-4-19(17-10-8-14(2)9-11-17)21-15(3)12-16-6-5-7-18(20)13-16/h5-11,13,15,19,21H,4,12H2,1-3H3. The van der Waals surface area contributed by atoms with Crippen molar-refractivity contribution in [1.82, 2.24) is 5.32 Å². The van der Waals surface area contributed by atoms with E-state index in [0.717, 1.165) is 18.4 Å². The average molecular weight is 285 g/mol. The van der Waals surface area contributed by atoms with Crippen molar-refractivity contribution in [1.29, 1.82) is 0 Å². The number of rotatable bonds is 6. The zero-order valence-corrected chi connectivity index (χ0v) is 13.1. The molecule has 0 aliphatic heterocycles. The highest BCUT2D eigenvalue weighted by molar-refractivity contribution is 5.24. The third kappa shape index (κ3) is 4.68. The van der Waals surface area contributed by atoms with Gasteiger partial charge < -0.3 is 5.32 Å². The van der Waals surface area contributed by atoms with Gasteiger partial charge in [0.25, 0.3) is 0 Å². The van der Waals surface area contributed by atoms with Crippen LogP contribution in [-0.4, -0.2) is 6.04 Å². The van der Waals surface area contributed by atoms with E-state index >= 15 is 0 Å². The lowest BCUT2D eigenvalue weighted by molar-refractivity contribution is 0.443. The molecule has 1 N–H and O–H groups in total. The van der Waals surface area contributed by atoms with Crippen molar-refractivity contribution < 1.29 is 4.39 Å². The van der Waals surface area contributed by atoms with E-state index in [4.69, 9.17) is 0 Å². The molecule has 0 aromatic heterocycles. The minimum atomic E-state index is -0.162. The van der Waals surface area contributed by atoms with Crippen LogP contribution in [0.4, 0.5) is 4.39 Å². The molecular formula is C19H24FN. The molecule has 0 spiro atoms. The lowest BCUT2D eigenvalue weighted by Gasteiger charge is -2.23. The molecule has 2 atom stereocenters. The lowest BCUT2D eigenvalue weighted by atomic mass is 10.0. The van der Waals surface area contributed by atoms with Crippen molar-refractivity contribution >= 4 is 0 Å². The highest BCUT2D eigenvalue weighted by Gasteiger charge is 2.13. The van der Waals surface area contributed by atoms with Gasteiger partial charge in [-0.2, -0.15) is 0 Å². The van der Waals surface area contributed by atoms with Crippen LogP contribution < -0.4 is 5.32 Å². The molecule has 0 bridgehead atoms. The fraction of sp³-hybridized carbons (Fsp3) is 0.368. The second-order valence-corrected chi connectivity index (χ2v) is 5.77. The summed E-state index contributed by atoms with van der Waals surface area (Å²) in [6.07, 6.45) is 1.87. The fourth-order valence-corrected chi connectivity index (χ4v) is 2.67. The molecule has 1 nitrogen and oxygen atoms in total. The Labute approximate surface area is 127 Å². The highest BCUT2D eigenvalue weighted by Crippen LogP contribution is 2.18. The van der Waals surface area contributed by atoms with Gasteiger partial charge in [-0.15, -0.1) is 0 Å². The topological polar surface area (TPSA) is 12.0 Å². The Bertz CT molecular complexity index is 562. The minimum Gasteiger partial charge on any atom is -0.307 e. The summed E-state index contributed by atoms with van der Waals surface area (Å²) in [6.45, 7) is 6.44. The van der Waals surface area contributed by atoms with E-state index in [1.807, 2.05) is 6.07 Å². The van der Waals surface area contributed by atoms with Gasteiger partial charge in [-0.3, -0.25) is 0 Å². The maximum Gasteiger partial charge on any atom is 0.123 e. The molecule has 2 rings (SSSR count). The van der Waals surface area contributed by atoms with E-state index in [1.54, 1.807) is 12.1 Å². The summed E-state index contributed by atoms with van der Waals surface area (Å²) < 4.78 is 13.2. The normalized spacial score (nSPS) is 13.9. The second-order valence-electron chi connectivity index (χ2n) is 5.77. The number of aryl methyl sites for hydroxylation is 1. The van der Waals surface area contributed by atoms with Crippen molar-refractivity contribution in [3.8, 4) is 0 Å². The van der Waals surface area contributed by atoms with Gasteiger partial charge >= 0.3 is 0 Å². The first-order valence-corrected chi connectivity index (χ1v) is 7.65. The Morgan fingerprint density at radius 1 is 1.10 bits per heavy atom. The van der Waals surface area contributed by atoms with Gasteiger partial charge in [0, 0.05) is 12.1 Å². The molecule has 2 aromatic carbocycles. The SMILES string of the molecule is CCC(NC(C)Cc1cccc(F)c1)c1ccc(C)cc1. The van der Waals surface area contributed by atoms with Crippen molar-refractivity contribution in [2.24, 2.45) is 0 Å². The molecule has 0 fully saturated rings. The Balaban J connectivity index is 1.99. The first-order valence-electron chi connectivity index (χ1n) is 7.65. The predicted octanol–water partition coefficient (Wildman–Crippen LogP) is 4.81. The summed E-state index contributed by atoms with van der Waals surface area (Å²) >= 11 is 0. The summed E-state index contributed by atoms with van der Waals surface area (Å²) in [4.78, 5) is 0. The minimum absolute atomic E-state index is 0.162. The summed E-state index contributed by atoms with van der Waals surface area (Å²) in [5, 5.41) is 3.65. The Hall–Kier alpha value is -1.67. The Kier molecular flexibility index (Phi) is 5.51. The molecule has 2 aromatic rings. The molecule has 112 valence electrons. The van der Waals surface area contributed by atoms with Gasteiger partial charge in [0.15, 0.2) is 0 Å². The van der Waals surface area contributed by atoms with Gasteiger partial charge in [-0.1, -0.05) is 48.9 Å². The van der Waals surface area contributed by atoms with Crippen LogP contribution in [0.5, 0.6) is 0 Å². The third-order valence-electron chi connectivity index (χ3n) is 3.80. The van der Waals surface area contributed by atoms with E-state index in [2.05, 4.69) is 50.4 Å². The van der Waals surface area contributed by atoms with Crippen molar-refractivity contribution in [2.45, 2.75) is 45.7 Å². The van der Waals surface area contributed by atoms with Gasteiger partial charge in [0.2, 0.25) is 0 Å². The summed E-state index contributed by atoms with van der Waals surface area (Å²) in [6, 6.07) is 16.2. The maximum atomic E-state index is 13.2. The molecule has 0 saturated carbocycles. The van der Waals surface area contributed by atoms with Crippen LogP contribution in [0.1, 0.15) is 43.0 Å². The molecule has 0 saturated heterocycles. The van der Waals surface area contributed by atoms with E-state index in [0.29, 0.717) is 12.1 Å². The Morgan fingerprint density at radius 3 is 2.43 bits per heavy atom. The second kappa shape index (κ2) is 7.37. The van der Waals surface area contributed by atoms with Crippen molar-refractivity contribution in [3.05, 3.63) is 71.0 Å². The first-order chi connectivity index (χ1) is 10.1. The average Bonchev–Trinajstić information content (AvgIpc) is 2.46. The quantitative estimate of drug-likeness (QED) is 0.803. The zero-order chi connectivity index (χ0) is 15.2. The van der Waals surface area contributed by atoms with Crippen LogP contribution in [-0.2, 0) is 6.42 Å². The zero-order valence-electron chi connectivity index (χ0n) is 13.1. The molecule has 21 heavy (non-hydrogen) atoms. The van der Waals surface area contributed by atoms with Crippen LogP contribution >= 0.6 is 0 Å². The van der Waals surface area contributed by atoms with E-state index in [-0.39, 0.29) is 5.82 Å². The van der Waals surface area contributed by atoms with Crippen LogP contribution in [0, 0.1) is 12.7 Å². The predicted molar refractivity (Wildman–Crippen MR) is 86.9 cm³/mol. The molecule has 2 heteroatoms. The van der Waals surface area contributed by atoms with Gasteiger partial charge in [0.1, 0.15) is 5.82 Å². The lowest BCUT2D eigenvalue weighted by Crippen LogP contribution is -2.32. The largest absolute Gasteiger partial charge is 0.307 e. The van der Waals surface area contributed by atoms with Gasteiger partial charge in [0.05, 0.1) is 0 Å². The molecule has 0 heterocycles. The molecule has 0 radical (unpaired) electrons. The molecule has 0 aliphatic rings. The maximum absolute atomic E-state index is 13.2. The molecule has 0 amide bonds. The van der Waals surface area contributed by atoms with Crippen molar-refractivity contribution in [3.63, 3.8) is 0 Å². The fourth-order valence-electron chi connectivity index (χ4n) is 2.67. The van der Waals surface area contributed by atoms with Gasteiger partial charge in [-0.05, 0) is 49.9 Å². The van der Waals surface area contributed by atoms with E-state index in [9.17, 15) is 4.39 Å². The Morgan fingerprint density at radius 2 is 1.81 bits per heavy atom. The van der Waals surface area contributed by atoms with Crippen molar-refractivity contribution in [2.75, 3.05) is 0 Å².